The van der Waals surface area contributed by atoms with Crippen LogP contribution in [0.15, 0.2) is 102 Å². The molecular weight excluding hydrogens is 402 g/mol. The van der Waals surface area contributed by atoms with E-state index in [1.807, 2.05) is 84.9 Å². The molecule has 0 fully saturated rings. The number of rotatable bonds is 6. The topological polar surface area (TPSA) is 55.8 Å². The zero-order valence-electron chi connectivity index (χ0n) is 17.9. The van der Waals surface area contributed by atoms with Crippen molar-refractivity contribution in [1.29, 1.82) is 0 Å². The largest absolute Gasteiger partial charge is 0.489 e. The van der Waals surface area contributed by atoms with Gasteiger partial charge in [-0.3, -0.25) is 4.79 Å². The molecule has 0 saturated heterocycles. The van der Waals surface area contributed by atoms with Crippen LogP contribution in [0, 0.1) is 0 Å². The average molecular weight is 425 g/mol. The first-order valence-electron chi connectivity index (χ1n) is 10.3. The highest BCUT2D eigenvalue weighted by Gasteiger charge is 2.38. The maximum atomic E-state index is 13.1. The number of nitrogens with zero attached hydrogens (tertiary/aromatic N) is 1. The minimum Gasteiger partial charge on any atom is -0.489 e. The summed E-state index contributed by atoms with van der Waals surface area (Å²) in [5, 5.41) is 0. The summed E-state index contributed by atoms with van der Waals surface area (Å²) in [6, 6.07) is 26.9. The number of para-hydroxylation sites is 1. The third kappa shape index (κ3) is 4.32. The maximum Gasteiger partial charge on any atom is 0.343 e. The molecule has 0 aromatic heterocycles. The van der Waals surface area contributed by atoms with Crippen LogP contribution in [0.2, 0.25) is 0 Å². The monoisotopic (exact) mass is 425 g/mol. The summed E-state index contributed by atoms with van der Waals surface area (Å²) in [5.41, 5.74) is 3.69. The molecule has 3 aromatic carbocycles. The van der Waals surface area contributed by atoms with Crippen molar-refractivity contribution in [3.05, 3.63) is 113 Å². The Morgan fingerprint density at radius 1 is 0.906 bits per heavy atom. The van der Waals surface area contributed by atoms with Gasteiger partial charge < -0.3 is 14.4 Å². The van der Waals surface area contributed by atoms with Crippen LogP contribution in [-0.2, 0) is 20.9 Å². The Morgan fingerprint density at radius 2 is 1.53 bits per heavy atom. The normalized spacial score (nSPS) is 14.8. The van der Waals surface area contributed by atoms with E-state index in [1.54, 1.807) is 17.9 Å². The van der Waals surface area contributed by atoms with Gasteiger partial charge in [-0.25, -0.2) is 4.79 Å². The van der Waals surface area contributed by atoms with Gasteiger partial charge in [0.2, 0.25) is 5.78 Å². The molecule has 1 aliphatic heterocycles. The van der Waals surface area contributed by atoms with Gasteiger partial charge >= 0.3 is 5.97 Å². The summed E-state index contributed by atoms with van der Waals surface area (Å²) in [5.74, 6) is -0.262. The van der Waals surface area contributed by atoms with Gasteiger partial charge in [-0.15, -0.1) is 0 Å². The number of hydrogen-bond acceptors (Lipinski definition) is 5. The van der Waals surface area contributed by atoms with Crippen molar-refractivity contribution >= 4 is 23.5 Å². The Bertz CT molecular complexity index is 1180. The maximum absolute atomic E-state index is 13.1. The number of allylic oxidation sites excluding steroid dienone is 2. The number of anilines is 1. The highest BCUT2D eigenvalue weighted by Crippen LogP contribution is 2.35. The van der Waals surface area contributed by atoms with Crippen LogP contribution < -0.4 is 9.64 Å². The number of esters is 1. The second kappa shape index (κ2) is 9.35. The molecule has 0 unspecified atom stereocenters. The number of hydrogen-bond donors (Lipinski definition) is 0. The Morgan fingerprint density at radius 3 is 2.16 bits per heavy atom. The second-order valence-corrected chi connectivity index (χ2v) is 7.32. The third-order valence-electron chi connectivity index (χ3n) is 5.23. The number of benzene rings is 3. The summed E-state index contributed by atoms with van der Waals surface area (Å²) >= 11 is 0. The zero-order valence-corrected chi connectivity index (χ0v) is 17.9. The SMILES string of the molecule is COC(=O)C1=C(C)N(c2ccccc2)/C(=C/c2ccc(OCc3ccccc3)cc2)C1=O. The molecule has 4 rings (SSSR count). The van der Waals surface area contributed by atoms with Gasteiger partial charge in [-0.05, 0) is 48.4 Å². The Hall–Kier alpha value is -4.12. The van der Waals surface area contributed by atoms with Crippen molar-refractivity contribution < 1.29 is 19.1 Å². The first-order valence-corrected chi connectivity index (χ1v) is 10.3. The van der Waals surface area contributed by atoms with E-state index in [0.717, 1.165) is 22.6 Å². The van der Waals surface area contributed by atoms with Crippen LogP contribution in [-0.4, -0.2) is 18.9 Å². The third-order valence-corrected chi connectivity index (χ3v) is 5.23. The van der Waals surface area contributed by atoms with Crippen LogP contribution >= 0.6 is 0 Å². The predicted octanol–water partition coefficient (Wildman–Crippen LogP) is 5.14. The van der Waals surface area contributed by atoms with Gasteiger partial charge in [-0.1, -0.05) is 60.7 Å². The number of carbonyl (C=O) groups excluding carboxylic acids is 2. The number of carbonyl (C=O) groups is 2. The van der Waals surface area contributed by atoms with Crippen molar-refractivity contribution in [2.75, 3.05) is 12.0 Å². The van der Waals surface area contributed by atoms with Crippen molar-refractivity contribution in [3.8, 4) is 5.75 Å². The molecule has 5 heteroatoms. The first kappa shape index (κ1) is 21.1. The van der Waals surface area contributed by atoms with Crippen LogP contribution in [0.5, 0.6) is 5.75 Å². The number of ether oxygens (including phenoxy) is 2. The second-order valence-electron chi connectivity index (χ2n) is 7.32. The molecule has 0 saturated carbocycles. The highest BCUT2D eigenvalue weighted by molar-refractivity contribution is 6.30. The number of methoxy groups -OCH3 is 1. The van der Waals surface area contributed by atoms with Crippen molar-refractivity contribution in [3.63, 3.8) is 0 Å². The van der Waals surface area contributed by atoms with Crippen molar-refractivity contribution in [1.82, 2.24) is 0 Å². The summed E-state index contributed by atoms with van der Waals surface area (Å²) in [6.45, 7) is 2.23. The lowest BCUT2D eigenvalue weighted by molar-refractivity contribution is -0.137. The fraction of sp³-hybridized carbons (Fsp3) is 0.111. The van der Waals surface area contributed by atoms with Crippen molar-refractivity contribution in [2.24, 2.45) is 0 Å². The summed E-state index contributed by atoms with van der Waals surface area (Å²) < 4.78 is 10.7. The highest BCUT2D eigenvalue weighted by atomic mass is 16.5. The molecule has 0 atom stereocenters. The molecule has 1 aliphatic rings. The van der Waals surface area contributed by atoms with Gasteiger partial charge in [-0.2, -0.15) is 0 Å². The Kier molecular flexibility index (Phi) is 6.17. The smallest absolute Gasteiger partial charge is 0.343 e. The quantitative estimate of drug-likeness (QED) is 0.311. The minimum atomic E-state index is -0.638. The molecule has 5 nitrogen and oxygen atoms in total. The van der Waals surface area contributed by atoms with Crippen molar-refractivity contribution in [2.45, 2.75) is 13.5 Å². The van der Waals surface area contributed by atoms with E-state index in [9.17, 15) is 9.59 Å². The van der Waals surface area contributed by atoms with Gasteiger partial charge in [0.15, 0.2) is 0 Å². The van der Waals surface area contributed by atoms with E-state index in [1.165, 1.54) is 7.11 Å². The molecule has 0 spiro atoms. The van der Waals surface area contributed by atoms with E-state index >= 15 is 0 Å². The van der Waals surface area contributed by atoms with Gasteiger partial charge in [0.1, 0.15) is 17.9 Å². The molecule has 160 valence electrons. The summed E-state index contributed by atoms with van der Waals surface area (Å²) in [7, 11) is 1.28. The predicted molar refractivity (Wildman–Crippen MR) is 124 cm³/mol. The Balaban J connectivity index is 1.61. The standard InChI is InChI=1S/C27H23NO4/c1-19-25(27(30)31-2)26(29)24(28(19)22-11-7-4-8-12-22)17-20-13-15-23(16-14-20)32-18-21-9-5-3-6-10-21/h3-17H,18H2,1-2H3/b24-17+. The fourth-order valence-electron chi connectivity index (χ4n) is 3.63. The lowest BCUT2D eigenvalue weighted by Gasteiger charge is -2.21. The lowest BCUT2D eigenvalue weighted by atomic mass is 10.1. The summed E-state index contributed by atoms with van der Waals surface area (Å²) in [6.07, 6.45) is 1.77. The van der Waals surface area contributed by atoms with E-state index in [2.05, 4.69) is 0 Å². The number of Topliss-reactive ketones (excluding diaryl/α,β-unsaturated/α-hetero) is 1. The van der Waals surface area contributed by atoms with Crippen LogP contribution in [0.4, 0.5) is 5.69 Å². The van der Waals surface area contributed by atoms with E-state index < -0.39 is 5.97 Å². The van der Waals surface area contributed by atoms with Gasteiger partial charge in [0.05, 0.1) is 12.8 Å². The Labute approximate surface area is 187 Å². The lowest BCUT2D eigenvalue weighted by Crippen LogP contribution is -2.18. The van der Waals surface area contributed by atoms with Gasteiger partial charge in [0.25, 0.3) is 0 Å². The molecule has 0 radical (unpaired) electrons. The van der Waals surface area contributed by atoms with Crippen LogP contribution in [0.25, 0.3) is 6.08 Å². The van der Waals surface area contributed by atoms with Crippen LogP contribution in [0.1, 0.15) is 18.1 Å². The molecule has 0 amide bonds. The molecule has 0 aliphatic carbocycles. The minimum absolute atomic E-state index is 0.0467. The summed E-state index contributed by atoms with van der Waals surface area (Å²) in [4.78, 5) is 27.2. The van der Waals surface area contributed by atoms with E-state index in [-0.39, 0.29) is 11.4 Å². The molecule has 1 heterocycles. The number of ketones is 1. The van der Waals surface area contributed by atoms with E-state index in [4.69, 9.17) is 9.47 Å². The zero-order chi connectivity index (χ0) is 22.5. The van der Waals surface area contributed by atoms with Crippen LogP contribution in [0.3, 0.4) is 0 Å². The average Bonchev–Trinajstić information content (AvgIpc) is 3.08. The van der Waals surface area contributed by atoms with E-state index in [0.29, 0.717) is 18.0 Å². The molecule has 0 N–H and O–H groups in total. The first-order chi connectivity index (χ1) is 15.6. The molecular formula is C27H23NO4. The fourth-order valence-corrected chi connectivity index (χ4v) is 3.63. The molecule has 32 heavy (non-hydrogen) atoms. The molecule has 0 bridgehead atoms. The van der Waals surface area contributed by atoms with Gasteiger partial charge in [0, 0.05) is 11.4 Å². The molecule has 3 aromatic rings.